The minimum absolute atomic E-state index is 0.0434. The van der Waals surface area contributed by atoms with Gasteiger partial charge in [0.25, 0.3) is 0 Å². The minimum atomic E-state index is -0.892. The Bertz CT molecular complexity index is 1440. The van der Waals surface area contributed by atoms with Crippen LogP contribution in [0.2, 0.25) is 0 Å². The van der Waals surface area contributed by atoms with Crippen LogP contribution >= 0.6 is 11.8 Å². The zero-order valence-corrected chi connectivity index (χ0v) is 27.9. The van der Waals surface area contributed by atoms with E-state index in [-0.39, 0.29) is 24.5 Å². The first-order valence-corrected chi connectivity index (χ1v) is 16.2. The number of likely N-dealkylation sites (N-methyl/N-ethyl adjacent to an activating group) is 1. The van der Waals surface area contributed by atoms with Crippen LogP contribution in [-0.4, -0.2) is 68.6 Å². The van der Waals surface area contributed by atoms with E-state index in [0.717, 1.165) is 32.2 Å². The molecule has 3 atom stereocenters. The average Bonchev–Trinajstić information content (AvgIpc) is 3.07. The lowest BCUT2D eigenvalue weighted by atomic mass is 10.1. The molecule has 0 heterocycles. The summed E-state index contributed by atoms with van der Waals surface area (Å²) in [7, 11) is 3.29. The van der Waals surface area contributed by atoms with Crippen molar-refractivity contribution in [1.82, 2.24) is 20.9 Å². The van der Waals surface area contributed by atoms with Gasteiger partial charge in [0.15, 0.2) is 0 Å². The van der Waals surface area contributed by atoms with E-state index < -0.39 is 12.1 Å². The van der Waals surface area contributed by atoms with E-state index in [9.17, 15) is 14.4 Å². The fourth-order valence-corrected chi connectivity index (χ4v) is 5.86. The Kier molecular flexibility index (Phi) is 14.8. The van der Waals surface area contributed by atoms with E-state index in [1.165, 1.54) is 0 Å². The number of carbonyl (C=O) groups is 3. The lowest BCUT2D eigenvalue weighted by Gasteiger charge is -2.31. The molecule has 11 nitrogen and oxygen atoms in total. The van der Waals surface area contributed by atoms with E-state index >= 15 is 0 Å². The first-order valence-electron chi connectivity index (χ1n) is 15.3. The molecule has 1 unspecified atom stereocenters. The molecule has 8 N–H and O–H groups in total. The third kappa shape index (κ3) is 10.5. The second-order valence-electron chi connectivity index (χ2n) is 10.9. The molecule has 0 aliphatic rings. The maximum Gasteiger partial charge on any atom is 0.247 e. The molecular formula is C34H47N7O4S. The number of benzene rings is 3. The number of carbonyl (C=O) groups excluding carboxylic acids is 3. The number of methoxy groups -OCH3 is 1. The number of anilines is 1. The molecule has 3 amide bonds. The summed E-state index contributed by atoms with van der Waals surface area (Å²) in [4.78, 5) is 41.5. The van der Waals surface area contributed by atoms with Crippen molar-refractivity contribution in [3.05, 3.63) is 83.4 Å². The summed E-state index contributed by atoms with van der Waals surface area (Å²) in [5.74, 6) is 0.101. The zero-order chi connectivity index (χ0) is 33.5. The molecule has 46 heavy (non-hydrogen) atoms. The molecule has 0 spiro atoms. The molecule has 0 aliphatic carbocycles. The molecule has 3 aromatic carbocycles. The van der Waals surface area contributed by atoms with Crippen LogP contribution in [0.5, 0.6) is 5.75 Å². The molecule has 0 aromatic heterocycles. The number of nitrogens with two attached hydrogens (primary N) is 2. The van der Waals surface area contributed by atoms with Crippen LogP contribution in [0.1, 0.15) is 36.5 Å². The van der Waals surface area contributed by atoms with Crippen molar-refractivity contribution in [2.45, 2.75) is 67.8 Å². The van der Waals surface area contributed by atoms with Crippen LogP contribution in [0, 0.1) is 6.92 Å². The number of ether oxygens (including phenoxy) is 1. The van der Waals surface area contributed by atoms with Crippen LogP contribution in [0.4, 0.5) is 5.69 Å². The average molecular weight is 650 g/mol. The third-order valence-electron chi connectivity index (χ3n) is 7.68. The lowest BCUT2D eigenvalue weighted by Crippen LogP contribution is -2.57. The minimum Gasteiger partial charge on any atom is -0.497 e. The monoisotopic (exact) mass is 649 g/mol. The maximum atomic E-state index is 13.5. The molecule has 12 heteroatoms. The summed E-state index contributed by atoms with van der Waals surface area (Å²) in [5.41, 5.74) is 15.7. The number of rotatable bonds is 19. The van der Waals surface area contributed by atoms with Crippen molar-refractivity contribution >= 4 is 35.7 Å². The highest BCUT2D eigenvalue weighted by Gasteiger charge is 2.28. The highest BCUT2D eigenvalue weighted by Crippen LogP contribution is 2.34. The van der Waals surface area contributed by atoms with Gasteiger partial charge in [0.05, 0.1) is 19.3 Å². The molecule has 0 saturated carbocycles. The molecule has 248 valence electrons. The van der Waals surface area contributed by atoms with E-state index in [4.69, 9.17) is 16.2 Å². The Morgan fingerprint density at radius 1 is 0.978 bits per heavy atom. The predicted octanol–water partition coefficient (Wildman–Crippen LogP) is 2.96. The van der Waals surface area contributed by atoms with Gasteiger partial charge < -0.3 is 42.4 Å². The van der Waals surface area contributed by atoms with Gasteiger partial charge in [-0.15, -0.1) is 0 Å². The number of hydrogen-bond acceptors (Lipinski definition) is 9. The molecule has 0 aliphatic heterocycles. The van der Waals surface area contributed by atoms with Gasteiger partial charge in [-0.2, -0.15) is 0 Å². The third-order valence-corrected chi connectivity index (χ3v) is 8.91. The summed E-state index contributed by atoms with van der Waals surface area (Å²) in [6, 6.07) is 20.0. The zero-order valence-electron chi connectivity index (χ0n) is 27.0. The number of amides is 3. The number of nitrogens with one attached hydrogen (secondary N) is 4. The van der Waals surface area contributed by atoms with Crippen LogP contribution < -0.4 is 37.5 Å². The largest absolute Gasteiger partial charge is 0.497 e. The second-order valence-corrected chi connectivity index (χ2v) is 12.0. The SMILES string of the molecule is COc1ccc(Sc2ccccc2CN[C@@H](CCCN)C(=O)N[C@@H](CN)C(=O)N(C)C(C)Nc2ccccc2C)c(CNC=O)c1. The van der Waals surface area contributed by atoms with Crippen molar-refractivity contribution in [3.63, 3.8) is 0 Å². The first kappa shape index (κ1) is 36.4. The molecule has 3 rings (SSSR count). The molecule has 0 fully saturated rings. The summed E-state index contributed by atoms with van der Waals surface area (Å²) in [6.07, 6.45) is 1.45. The molecule has 0 saturated heterocycles. The Morgan fingerprint density at radius 3 is 2.39 bits per heavy atom. The predicted molar refractivity (Wildman–Crippen MR) is 183 cm³/mol. The van der Waals surface area contributed by atoms with Gasteiger partial charge in [-0.1, -0.05) is 48.2 Å². The number of nitrogens with zero attached hydrogens (tertiary/aromatic N) is 1. The normalized spacial score (nSPS) is 12.8. The van der Waals surface area contributed by atoms with E-state index in [0.29, 0.717) is 44.6 Å². The molecular weight excluding hydrogens is 602 g/mol. The number of aryl methyl sites for hydroxylation is 1. The summed E-state index contributed by atoms with van der Waals surface area (Å²) in [6.45, 7) is 5.03. The Hall–Kier alpha value is -4.10. The quantitative estimate of drug-likeness (QED) is 0.0847. The van der Waals surface area contributed by atoms with Crippen molar-refractivity contribution in [2.75, 3.05) is 32.6 Å². The van der Waals surface area contributed by atoms with Gasteiger partial charge in [0.1, 0.15) is 11.8 Å². The van der Waals surface area contributed by atoms with E-state index in [2.05, 4.69) is 21.3 Å². The summed E-state index contributed by atoms with van der Waals surface area (Å²) >= 11 is 1.57. The topological polar surface area (TPSA) is 164 Å². The van der Waals surface area contributed by atoms with Gasteiger partial charge in [0, 0.05) is 42.2 Å². The lowest BCUT2D eigenvalue weighted by molar-refractivity contribution is -0.136. The van der Waals surface area contributed by atoms with Gasteiger partial charge in [-0.05, 0) is 80.3 Å². The van der Waals surface area contributed by atoms with Gasteiger partial charge >= 0.3 is 0 Å². The highest BCUT2D eigenvalue weighted by molar-refractivity contribution is 7.99. The summed E-state index contributed by atoms with van der Waals surface area (Å²) in [5, 5.41) is 12.3. The summed E-state index contributed by atoms with van der Waals surface area (Å²) < 4.78 is 5.37. The number of para-hydroxylation sites is 1. The van der Waals surface area contributed by atoms with Gasteiger partial charge in [0.2, 0.25) is 18.2 Å². The van der Waals surface area contributed by atoms with Crippen molar-refractivity contribution in [2.24, 2.45) is 11.5 Å². The fourth-order valence-electron chi connectivity index (χ4n) is 4.81. The van der Waals surface area contributed by atoms with Gasteiger partial charge in [-0.25, -0.2) is 0 Å². The van der Waals surface area contributed by atoms with Crippen molar-refractivity contribution in [3.8, 4) is 5.75 Å². The molecule has 0 radical (unpaired) electrons. The van der Waals surface area contributed by atoms with Crippen molar-refractivity contribution in [1.29, 1.82) is 0 Å². The standard InChI is InChI=1S/C34H47N7O4S/c1-23-10-5-7-12-28(23)39-24(2)41(3)34(44)30(19-36)40-33(43)29(13-9-17-35)38-21-25-11-6-8-14-31(25)46-32-16-15-27(45-4)18-26(32)20-37-22-42/h5-8,10-12,14-16,18,22,24,29-30,38-39H,9,13,17,19-21,35-36H2,1-4H3,(H,37,42)(H,40,43)/t24?,29-,30-/m0/s1. The van der Waals surface area contributed by atoms with Crippen LogP contribution in [0.3, 0.4) is 0 Å². The molecule has 3 aromatic rings. The first-order chi connectivity index (χ1) is 22.2. The van der Waals surface area contributed by atoms with Crippen molar-refractivity contribution < 1.29 is 19.1 Å². The second kappa shape index (κ2) is 18.8. The molecule has 0 bridgehead atoms. The van der Waals surface area contributed by atoms with Crippen LogP contribution in [0.25, 0.3) is 0 Å². The maximum absolute atomic E-state index is 13.5. The Balaban J connectivity index is 1.70. The Morgan fingerprint density at radius 2 is 1.70 bits per heavy atom. The van der Waals surface area contributed by atoms with E-state index in [1.807, 2.05) is 80.6 Å². The fraction of sp³-hybridized carbons (Fsp3) is 0.382. The van der Waals surface area contributed by atoms with Crippen LogP contribution in [0.15, 0.2) is 76.5 Å². The van der Waals surface area contributed by atoms with Crippen LogP contribution in [-0.2, 0) is 27.5 Å². The smallest absolute Gasteiger partial charge is 0.247 e. The number of hydrogen-bond donors (Lipinski definition) is 6. The van der Waals surface area contributed by atoms with E-state index in [1.54, 1.807) is 30.8 Å². The Labute approximate surface area is 276 Å². The van der Waals surface area contributed by atoms with Gasteiger partial charge in [-0.3, -0.25) is 14.4 Å². The highest BCUT2D eigenvalue weighted by atomic mass is 32.2.